The van der Waals surface area contributed by atoms with Gasteiger partial charge in [0.25, 0.3) is 5.88 Å². The molecule has 7 heteroatoms. The summed E-state index contributed by atoms with van der Waals surface area (Å²) in [4.78, 5) is 24.2. The lowest BCUT2D eigenvalue weighted by Gasteiger charge is -2.33. The molecule has 1 aromatic rings. The van der Waals surface area contributed by atoms with Crippen molar-refractivity contribution < 1.29 is 14.3 Å². The smallest absolute Gasteiger partial charge is 0.257 e. The molecule has 1 aliphatic rings. The number of hydrogen-bond donors (Lipinski definition) is 0. The number of carbonyl (C=O) groups excluding carboxylic acids is 1. The number of likely N-dealkylation sites (tertiary alicyclic amines) is 1. The van der Waals surface area contributed by atoms with E-state index < -0.39 is 0 Å². The number of aromatic nitrogens is 2. The Bertz CT molecular complexity index is 495. The fourth-order valence-electron chi connectivity index (χ4n) is 2.41. The van der Waals surface area contributed by atoms with E-state index in [1.165, 1.54) is 0 Å². The largest absolute Gasteiger partial charge is 0.470 e. The van der Waals surface area contributed by atoms with E-state index >= 15 is 0 Å². The maximum Gasteiger partial charge on any atom is 0.257 e. The zero-order valence-corrected chi connectivity index (χ0v) is 13.5. The van der Waals surface area contributed by atoms with Crippen LogP contribution in [0, 0.1) is 0 Å². The molecule has 1 amide bonds. The van der Waals surface area contributed by atoms with Crippen LogP contribution in [0.1, 0.15) is 19.8 Å². The molecule has 0 spiro atoms. The molecule has 122 valence electrons. The van der Waals surface area contributed by atoms with Gasteiger partial charge < -0.3 is 19.3 Å². The van der Waals surface area contributed by atoms with Gasteiger partial charge in [-0.3, -0.25) is 4.79 Å². The van der Waals surface area contributed by atoms with Crippen molar-refractivity contribution in [1.82, 2.24) is 14.9 Å². The van der Waals surface area contributed by atoms with E-state index in [4.69, 9.17) is 9.47 Å². The average Bonchev–Trinajstić information content (AvgIpc) is 2.53. The quantitative estimate of drug-likeness (QED) is 0.779. The van der Waals surface area contributed by atoms with Crippen LogP contribution >= 0.6 is 0 Å². The van der Waals surface area contributed by atoms with Gasteiger partial charge in [0.2, 0.25) is 5.91 Å². The van der Waals surface area contributed by atoms with Gasteiger partial charge in [0.15, 0.2) is 5.82 Å². The third kappa shape index (κ3) is 4.30. The maximum atomic E-state index is 12.0. The Kier molecular flexibility index (Phi) is 5.94. The number of rotatable bonds is 6. The molecule has 0 aromatic carbocycles. The van der Waals surface area contributed by atoms with Crippen LogP contribution in [-0.2, 0) is 9.53 Å². The summed E-state index contributed by atoms with van der Waals surface area (Å²) in [5.41, 5.74) is 0. The van der Waals surface area contributed by atoms with Gasteiger partial charge in [0, 0.05) is 39.6 Å². The molecule has 1 aromatic heterocycles. The number of piperidine rings is 1. The Morgan fingerprint density at radius 1 is 1.41 bits per heavy atom. The molecule has 1 atom stereocenters. The van der Waals surface area contributed by atoms with Gasteiger partial charge in [0.05, 0.1) is 6.54 Å². The molecule has 2 rings (SSSR count). The normalized spacial score (nSPS) is 18.1. The fraction of sp³-hybridized carbons (Fsp3) is 0.667. The number of anilines is 1. The van der Waals surface area contributed by atoms with Gasteiger partial charge in [-0.15, -0.1) is 0 Å². The summed E-state index contributed by atoms with van der Waals surface area (Å²) in [5, 5.41) is 0. The van der Waals surface area contributed by atoms with E-state index in [0.717, 1.165) is 19.4 Å². The molecule has 0 radical (unpaired) electrons. The molecule has 1 aliphatic heterocycles. The van der Waals surface area contributed by atoms with Crippen LogP contribution in [-0.4, -0.2) is 67.3 Å². The first-order valence-corrected chi connectivity index (χ1v) is 7.62. The SMILES string of the molecule is CCOCC(=O)N1CCC[C@H](Oc2nccnc2N(C)C)C1. The van der Waals surface area contributed by atoms with E-state index in [2.05, 4.69) is 9.97 Å². The Morgan fingerprint density at radius 2 is 2.18 bits per heavy atom. The Labute approximate surface area is 131 Å². The Morgan fingerprint density at radius 3 is 2.91 bits per heavy atom. The molecule has 2 heterocycles. The highest BCUT2D eigenvalue weighted by molar-refractivity contribution is 5.77. The molecule has 1 saturated heterocycles. The van der Waals surface area contributed by atoms with Crippen LogP contribution in [0.15, 0.2) is 12.4 Å². The van der Waals surface area contributed by atoms with Crippen LogP contribution in [0.2, 0.25) is 0 Å². The number of hydrogen-bond acceptors (Lipinski definition) is 6. The van der Waals surface area contributed by atoms with Crippen molar-refractivity contribution in [3.8, 4) is 5.88 Å². The lowest BCUT2D eigenvalue weighted by Crippen LogP contribution is -2.45. The van der Waals surface area contributed by atoms with Crippen molar-refractivity contribution in [3.63, 3.8) is 0 Å². The second-order valence-corrected chi connectivity index (χ2v) is 5.44. The molecule has 22 heavy (non-hydrogen) atoms. The topological polar surface area (TPSA) is 67.8 Å². The van der Waals surface area contributed by atoms with Gasteiger partial charge in [-0.1, -0.05) is 0 Å². The number of nitrogens with zero attached hydrogens (tertiary/aromatic N) is 4. The fourth-order valence-corrected chi connectivity index (χ4v) is 2.41. The van der Waals surface area contributed by atoms with Crippen molar-refractivity contribution in [3.05, 3.63) is 12.4 Å². The molecule has 0 N–H and O–H groups in total. The van der Waals surface area contributed by atoms with Crippen LogP contribution in [0.5, 0.6) is 5.88 Å². The maximum absolute atomic E-state index is 12.0. The molecular weight excluding hydrogens is 284 g/mol. The van der Waals surface area contributed by atoms with E-state index in [1.807, 2.05) is 25.9 Å². The van der Waals surface area contributed by atoms with Gasteiger partial charge >= 0.3 is 0 Å². The highest BCUT2D eigenvalue weighted by atomic mass is 16.5. The first-order chi connectivity index (χ1) is 10.6. The number of ether oxygens (including phenoxy) is 2. The molecular formula is C15H24N4O3. The van der Waals surface area contributed by atoms with Crippen LogP contribution < -0.4 is 9.64 Å². The number of carbonyl (C=O) groups is 1. The predicted molar refractivity (Wildman–Crippen MR) is 83.1 cm³/mol. The van der Waals surface area contributed by atoms with Crippen LogP contribution in [0.4, 0.5) is 5.82 Å². The third-order valence-electron chi connectivity index (χ3n) is 3.51. The van der Waals surface area contributed by atoms with Crippen molar-refractivity contribution >= 4 is 11.7 Å². The molecule has 0 bridgehead atoms. The molecule has 0 saturated carbocycles. The van der Waals surface area contributed by atoms with E-state index in [1.54, 1.807) is 17.3 Å². The average molecular weight is 308 g/mol. The van der Waals surface area contributed by atoms with E-state index in [-0.39, 0.29) is 18.6 Å². The summed E-state index contributed by atoms with van der Waals surface area (Å²) in [6.07, 6.45) is 5.02. The van der Waals surface area contributed by atoms with E-state index in [9.17, 15) is 4.79 Å². The standard InChI is InChI=1S/C15H24N4O3/c1-4-21-11-13(20)19-9-5-6-12(10-19)22-15-14(18(2)3)16-7-8-17-15/h7-8,12H,4-6,9-11H2,1-3H3/t12-/m0/s1. The van der Waals surface area contributed by atoms with Crippen LogP contribution in [0.3, 0.4) is 0 Å². The van der Waals surface area contributed by atoms with Crippen LogP contribution in [0.25, 0.3) is 0 Å². The minimum Gasteiger partial charge on any atom is -0.470 e. The van der Waals surface area contributed by atoms with Gasteiger partial charge in [-0.05, 0) is 19.8 Å². The molecule has 0 aliphatic carbocycles. The predicted octanol–water partition coefficient (Wildman–Crippen LogP) is 0.949. The molecule has 1 fully saturated rings. The minimum absolute atomic E-state index is 0.0159. The minimum atomic E-state index is -0.0604. The Balaban J connectivity index is 1.97. The summed E-state index contributed by atoms with van der Waals surface area (Å²) in [7, 11) is 3.80. The summed E-state index contributed by atoms with van der Waals surface area (Å²) in [6.45, 7) is 3.89. The summed E-state index contributed by atoms with van der Waals surface area (Å²) in [6, 6.07) is 0. The summed E-state index contributed by atoms with van der Waals surface area (Å²) >= 11 is 0. The first-order valence-electron chi connectivity index (χ1n) is 7.62. The molecule has 0 unspecified atom stereocenters. The van der Waals surface area contributed by atoms with Gasteiger partial charge in [0.1, 0.15) is 12.7 Å². The van der Waals surface area contributed by atoms with Crippen molar-refractivity contribution in [2.45, 2.75) is 25.9 Å². The third-order valence-corrected chi connectivity index (χ3v) is 3.51. The summed E-state index contributed by atoms with van der Waals surface area (Å²) in [5.74, 6) is 1.22. The van der Waals surface area contributed by atoms with E-state index in [0.29, 0.717) is 24.8 Å². The monoisotopic (exact) mass is 308 g/mol. The molecule has 7 nitrogen and oxygen atoms in total. The lowest BCUT2D eigenvalue weighted by molar-refractivity contribution is -0.138. The van der Waals surface area contributed by atoms with Gasteiger partial charge in [-0.2, -0.15) is 0 Å². The second kappa shape index (κ2) is 7.93. The zero-order chi connectivity index (χ0) is 15.9. The van der Waals surface area contributed by atoms with Crippen molar-refractivity contribution in [1.29, 1.82) is 0 Å². The zero-order valence-electron chi connectivity index (χ0n) is 13.5. The highest BCUT2D eigenvalue weighted by Crippen LogP contribution is 2.24. The number of amides is 1. The van der Waals surface area contributed by atoms with Crippen molar-refractivity contribution in [2.24, 2.45) is 0 Å². The van der Waals surface area contributed by atoms with Crippen molar-refractivity contribution in [2.75, 3.05) is 45.3 Å². The lowest BCUT2D eigenvalue weighted by atomic mass is 10.1. The summed E-state index contributed by atoms with van der Waals surface area (Å²) < 4.78 is 11.2. The van der Waals surface area contributed by atoms with Gasteiger partial charge in [-0.25, -0.2) is 9.97 Å². The highest BCUT2D eigenvalue weighted by Gasteiger charge is 2.26. The Hall–Kier alpha value is -1.89. The second-order valence-electron chi connectivity index (χ2n) is 5.44. The first kappa shape index (κ1) is 16.5.